The highest BCUT2D eigenvalue weighted by Gasteiger charge is 2.17. The van der Waals surface area contributed by atoms with Crippen LogP contribution in [-0.2, 0) is 37.3 Å². The second kappa shape index (κ2) is 11.3. The maximum atomic E-state index is 13.2. The number of benzene rings is 2. The molecule has 0 spiro atoms. The largest absolute Gasteiger partial charge is 0.380 e. The molecule has 10 heteroatoms. The van der Waals surface area contributed by atoms with Crippen LogP contribution in [0.1, 0.15) is 43.1 Å². The molecule has 0 fully saturated rings. The number of aromatic amines is 1. The van der Waals surface area contributed by atoms with Crippen LogP contribution in [0.15, 0.2) is 64.2 Å². The van der Waals surface area contributed by atoms with Gasteiger partial charge in [-0.05, 0) is 48.9 Å². The average Bonchev–Trinajstić information content (AvgIpc) is 3.26. The van der Waals surface area contributed by atoms with Crippen LogP contribution in [0, 0.1) is 0 Å². The third kappa shape index (κ3) is 5.95. The van der Waals surface area contributed by atoms with E-state index in [-0.39, 0.29) is 11.2 Å². The van der Waals surface area contributed by atoms with Crippen molar-refractivity contribution in [1.82, 2.24) is 19.1 Å². The van der Waals surface area contributed by atoms with E-state index < -0.39 is 11.4 Å². The fourth-order valence-electron chi connectivity index (χ4n) is 4.10. The number of H-pyrrole nitrogens is 1. The number of nitrogens with zero attached hydrogens (tertiary/aromatic N) is 3. The predicted octanol–water partition coefficient (Wildman–Crippen LogP) is 3.43. The molecule has 0 aliphatic carbocycles. The summed E-state index contributed by atoms with van der Waals surface area (Å²) in [4.78, 5) is 34.0. The summed E-state index contributed by atoms with van der Waals surface area (Å²) in [5, 5.41) is 0. The van der Waals surface area contributed by atoms with Gasteiger partial charge in [0.15, 0.2) is 5.65 Å². The Morgan fingerprint density at radius 1 is 0.971 bits per heavy atom. The first-order valence-corrected chi connectivity index (χ1v) is 12.6. The molecule has 184 valence electrons. The maximum Gasteiger partial charge on any atom is 0.357 e. The Bertz CT molecular complexity index is 1420. The van der Waals surface area contributed by atoms with Gasteiger partial charge < -0.3 is 9.17 Å². The van der Waals surface area contributed by atoms with Crippen molar-refractivity contribution in [2.75, 3.05) is 0 Å². The molecule has 1 atom stereocenters. The number of rotatable bonds is 11. The summed E-state index contributed by atoms with van der Waals surface area (Å²) in [7, 11) is 0. The van der Waals surface area contributed by atoms with Crippen LogP contribution < -0.4 is 15.4 Å². The third-order valence-electron chi connectivity index (χ3n) is 5.76. The Labute approximate surface area is 204 Å². The lowest BCUT2D eigenvalue weighted by Gasteiger charge is -2.11. The number of hydrogen-bond donors (Lipinski definition) is 2. The molecule has 0 amide bonds. The van der Waals surface area contributed by atoms with Crippen LogP contribution in [0.2, 0.25) is 0 Å². The van der Waals surface area contributed by atoms with E-state index in [9.17, 15) is 13.8 Å². The lowest BCUT2D eigenvalue weighted by Crippen LogP contribution is -2.40. The lowest BCUT2D eigenvalue weighted by atomic mass is 10.1. The van der Waals surface area contributed by atoms with Gasteiger partial charge >= 0.3 is 17.1 Å². The van der Waals surface area contributed by atoms with Crippen LogP contribution >= 0.6 is 0 Å². The van der Waals surface area contributed by atoms with E-state index in [4.69, 9.17) is 8.74 Å². The van der Waals surface area contributed by atoms with Gasteiger partial charge in [-0.25, -0.2) is 9.78 Å². The van der Waals surface area contributed by atoms with Gasteiger partial charge in [-0.2, -0.15) is 4.21 Å². The number of aromatic nitrogens is 4. The van der Waals surface area contributed by atoms with Gasteiger partial charge in [0.25, 0.3) is 5.56 Å². The van der Waals surface area contributed by atoms with Crippen LogP contribution in [0.4, 0.5) is 0 Å². The molecule has 0 saturated heterocycles. The van der Waals surface area contributed by atoms with Gasteiger partial charge in [-0.3, -0.25) is 18.5 Å². The van der Waals surface area contributed by atoms with E-state index in [0.717, 1.165) is 30.4 Å². The van der Waals surface area contributed by atoms with Gasteiger partial charge in [-0.15, -0.1) is 0 Å². The molecule has 0 saturated carbocycles. The zero-order chi connectivity index (χ0) is 24.8. The molecule has 0 aliphatic rings. The molecule has 2 aromatic carbocycles. The van der Waals surface area contributed by atoms with Gasteiger partial charge in [-0.1, -0.05) is 49.4 Å². The molecule has 4 rings (SSSR count). The van der Waals surface area contributed by atoms with Crippen molar-refractivity contribution >= 4 is 22.5 Å². The highest BCUT2D eigenvalue weighted by atomic mass is 32.2. The van der Waals surface area contributed by atoms with Gasteiger partial charge in [0, 0.05) is 19.5 Å². The van der Waals surface area contributed by atoms with Gasteiger partial charge in [0.05, 0.1) is 0 Å². The molecular formula is C25H28N4O5S. The van der Waals surface area contributed by atoms with Crippen molar-refractivity contribution in [2.45, 2.75) is 52.1 Å². The van der Waals surface area contributed by atoms with Crippen LogP contribution in [0.5, 0.6) is 5.75 Å². The molecule has 1 unspecified atom stereocenters. The smallest absolute Gasteiger partial charge is 0.357 e. The summed E-state index contributed by atoms with van der Waals surface area (Å²) in [5.41, 5.74) is 2.22. The van der Waals surface area contributed by atoms with E-state index in [0.29, 0.717) is 48.7 Å². The van der Waals surface area contributed by atoms with Gasteiger partial charge in [0.2, 0.25) is 0 Å². The Kier molecular flexibility index (Phi) is 7.94. The Morgan fingerprint density at radius 2 is 1.71 bits per heavy atom. The molecule has 0 aliphatic heterocycles. The minimum atomic E-state index is -2.35. The number of unbranched alkanes of at least 4 members (excludes halogenated alkanes) is 1. The first-order valence-electron chi connectivity index (χ1n) is 11.6. The number of hydrogen-bond acceptors (Lipinski definition) is 5. The SMILES string of the molecule is CCCn1c(=O)c2[nH]c(Cc3ccccc3)nc2n(CCCCc2ccc(OS(=O)O)cc2)c1=O. The molecule has 2 N–H and O–H groups in total. The molecular weight excluding hydrogens is 468 g/mol. The van der Waals surface area contributed by atoms with E-state index in [1.165, 1.54) is 4.57 Å². The van der Waals surface area contributed by atoms with Crippen molar-refractivity contribution in [3.05, 3.63) is 92.4 Å². The number of nitrogens with one attached hydrogen (secondary N) is 1. The Balaban J connectivity index is 1.53. The average molecular weight is 497 g/mol. The predicted molar refractivity (Wildman–Crippen MR) is 135 cm³/mol. The zero-order valence-electron chi connectivity index (χ0n) is 19.5. The van der Waals surface area contributed by atoms with E-state index in [1.807, 2.05) is 49.4 Å². The fraction of sp³-hybridized carbons (Fsp3) is 0.320. The highest BCUT2D eigenvalue weighted by molar-refractivity contribution is 7.74. The van der Waals surface area contributed by atoms with Crippen molar-refractivity contribution in [1.29, 1.82) is 0 Å². The quantitative estimate of drug-likeness (QED) is 0.243. The summed E-state index contributed by atoms with van der Waals surface area (Å²) in [6.07, 6.45) is 3.53. The second-order valence-corrected chi connectivity index (χ2v) is 8.94. The topological polar surface area (TPSA) is 119 Å². The molecule has 2 heterocycles. The van der Waals surface area contributed by atoms with Gasteiger partial charge in [0.1, 0.15) is 17.1 Å². The fourth-order valence-corrected chi connectivity index (χ4v) is 4.38. The van der Waals surface area contributed by atoms with E-state index >= 15 is 0 Å². The lowest BCUT2D eigenvalue weighted by molar-refractivity contribution is 0.458. The highest BCUT2D eigenvalue weighted by Crippen LogP contribution is 2.16. The van der Waals surface area contributed by atoms with Crippen LogP contribution in [0.25, 0.3) is 11.2 Å². The maximum absolute atomic E-state index is 13.2. The van der Waals surface area contributed by atoms with Crippen molar-refractivity contribution < 1.29 is 12.9 Å². The van der Waals surface area contributed by atoms with Crippen molar-refractivity contribution in [3.63, 3.8) is 0 Å². The number of fused-ring (bicyclic) bond motifs is 1. The van der Waals surface area contributed by atoms with Crippen LogP contribution in [-0.4, -0.2) is 27.9 Å². The normalized spacial score (nSPS) is 12.2. The summed E-state index contributed by atoms with van der Waals surface area (Å²) in [5.74, 6) is 0.975. The number of aryl methyl sites for hydroxylation is 2. The monoisotopic (exact) mass is 496 g/mol. The van der Waals surface area contributed by atoms with Crippen molar-refractivity contribution in [2.24, 2.45) is 0 Å². The number of imidazole rings is 1. The second-order valence-electron chi connectivity index (χ2n) is 8.34. The molecule has 4 aromatic rings. The molecule has 35 heavy (non-hydrogen) atoms. The molecule has 2 aromatic heterocycles. The Hall–Kier alpha value is -3.50. The first-order chi connectivity index (χ1) is 17.0. The minimum absolute atomic E-state index is 0.326. The molecule has 0 bridgehead atoms. The van der Waals surface area contributed by atoms with E-state index in [2.05, 4.69) is 9.97 Å². The summed E-state index contributed by atoms with van der Waals surface area (Å²) >= 11 is -2.35. The summed E-state index contributed by atoms with van der Waals surface area (Å²) in [6, 6.07) is 16.8. The van der Waals surface area contributed by atoms with E-state index in [1.54, 1.807) is 16.7 Å². The van der Waals surface area contributed by atoms with Crippen LogP contribution in [0.3, 0.4) is 0 Å². The molecule has 9 nitrogen and oxygen atoms in total. The third-order valence-corrected chi connectivity index (χ3v) is 6.09. The Morgan fingerprint density at radius 3 is 2.40 bits per heavy atom. The summed E-state index contributed by atoms with van der Waals surface area (Å²) < 4.78 is 27.2. The molecule has 0 radical (unpaired) electrons. The standard InChI is InChI=1S/C25H28N4O5S/c1-2-15-29-24(30)22-23(27-21(26-22)17-19-9-4-3-5-10-19)28(25(29)31)16-7-6-8-18-11-13-20(14-12-18)34-35(32)33/h3-5,9-14H,2,6-8,15-17H2,1H3,(H,26,27)(H,32,33). The zero-order valence-corrected chi connectivity index (χ0v) is 20.3. The first kappa shape index (κ1) is 24.6. The minimum Gasteiger partial charge on any atom is -0.380 e. The van der Waals surface area contributed by atoms with Crippen molar-refractivity contribution in [3.8, 4) is 5.75 Å². The summed E-state index contributed by atoms with van der Waals surface area (Å²) in [6.45, 7) is 2.73.